The molecular formula is C24H28N4O2. The van der Waals surface area contributed by atoms with Gasteiger partial charge in [-0.1, -0.05) is 37.3 Å². The van der Waals surface area contributed by atoms with Crippen LogP contribution in [0.25, 0.3) is 0 Å². The summed E-state index contributed by atoms with van der Waals surface area (Å²) in [5, 5.41) is 0. The zero-order valence-corrected chi connectivity index (χ0v) is 17.6. The van der Waals surface area contributed by atoms with Crippen LogP contribution in [-0.4, -0.2) is 55.7 Å². The molecule has 156 valence electrons. The van der Waals surface area contributed by atoms with Crippen molar-refractivity contribution in [2.24, 2.45) is 5.41 Å². The van der Waals surface area contributed by atoms with Crippen molar-refractivity contribution in [1.29, 1.82) is 0 Å². The first-order valence-corrected chi connectivity index (χ1v) is 10.9. The molecule has 0 unspecified atom stereocenters. The summed E-state index contributed by atoms with van der Waals surface area (Å²) in [6.07, 6.45) is 9.45. The first-order valence-electron chi connectivity index (χ1n) is 10.9. The van der Waals surface area contributed by atoms with Crippen LogP contribution in [0, 0.1) is 5.41 Å². The molecule has 5 atom stereocenters. The Balaban J connectivity index is 1.62. The van der Waals surface area contributed by atoms with Crippen LogP contribution in [0.2, 0.25) is 0 Å². The Kier molecular flexibility index (Phi) is 4.60. The number of hydrogen-bond donors (Lipinski definition) is 0. The minimum Gasteiger partial charge on any atom is -0.334 e. The Morgan fingerprint density at radius 2 is 1.83 bits per heavy atom. The fourth-order valence-electron chi connectivity index (χ4n) is 6.47. The Bertz CT molecular complexity index is 950. The topological polar surface area (TPSA) is 66.4 Å². The van der Waals surface area contributed by atoms with Gasteiger partial charge >= 0.3 is 0 Å². The smallest absolute Gasteiger partial charge is 0.274 e. The van der Waals surface area contributed by atoms with Gasteiger partial charge in [0.2, 0.25) is 5.91 Å². The van der Waals surface area contributed by atoms with Gasteiger partial charge in [0.1, 0.15) is 5.69 Å². The van der Waals surface area contributed by atoms with Gasteiger partial charge in [0.15, 0.2) is 0 Å². The highest BCUT2D eigenvalue weighted by Crippen LogP contribution is 2.56. The van der Waals surface area contributed by atoms with Crippen molar-refractivity contribution in [3.63, 3.8) is 0 Å². The number of rotatable bonds is 3. The number of aromatic nitrogens is 2. The minimum atomic E-state index is -0.0698. The van der Waals surface area contributed by atoms with E-state index in [0.717, 1.165) is 32.1 Å². The van der Waals surface area contributed by atoms with Crippen molar-refractivity contribution in [2.45, 2.75) is 70.1 Å². The van der Waals surface area contributed by atoms with Crippen LogP contribution in [0.3, 0.4) is 0 Å². The number of likely N-dealkylation sites (tertiary alicyclic amines) is 2. The van der Waals surface area contributed by atoms with Crippen LogP contribution < -0.4 is 0 Å². The fourth-order valence-corrected chi connectivity index (χ4v) is 6.47. The molecule has 0 spiro atoms. The molecule has 3 fully saturated rings. The van der Waals surface area contributed by atoms with E-state index in [9.17, 15) is 9.59 Å². The molecule has 6 heteroatoms. The number of fused-ring (bicyclic) bond motifs is 1. The minimum absolute atomic E-state index is 0.0349. The molecule has 5 rings (SSSR count). The molecule has 1 aromatic carbocycles. The number of hydrogen-bond acceptors (Lipinski definition) is 4. The number of nitrogens with zero attached hydrogens (tertiary/aromatic N) is 4. The van der Waals surface area contributed by atoms with Crippen LogP contribution in [0.4, 0.5) is 0 Å². The molecule has 0 radical (unpaired) electrons. The molecule has 6 nitrogen and oxygen atoms in total. The van der Waals surface area contributed by atoms with Crippen LogP contribution in [0.1, 0.15) is 55.6 Å². The second-order valence-electron chi connectivity index (χ2n) is 9.23. The van der Waals surface area contributed by atoms with Crippen molar-refractivity contribution in [3.05, 3.63) is 60.2 Å². The maximum absolute atomic E-state index is 13.8. The predicted octanol–water partition coefficient (Wildman–Crippen LogP) is 3.09. The van der Waals surface area contributed by atoms with Crippen molar-refractivity contribution >= 4 is 11.8 Å². The van der Waals surface area contributed by atoms with Crippen molar-refractivity contribution in [3.8, 4) is 0 Å². The van der Waals surface area contributed by atoms with E-state index in [4.69, 9.17) is 0 Å². The first-order chi connectivity index (χ1) is 14.5. The third kappa shape index (κ3) is 2.84. The number of carbonyl (C=O) groups excluding carboxylic acids is 2. The highest BCUT2D eigenvalue weighted by atomic mass is 16.2. The van der Waals surface area contributed by atoms with Crippen LogP contribution in [0.5, 0.6) is 0 Å². The van der Waals surface area contributed by atoms with Gasteiger partial charge in [0, 0.05) is 36.8 Å². The van der Waals surface area contributed by atoms with Gasteiger partial charge in [-0.2, -0.15) is 0 Å². The first kappa shape index (κ1) is 19.2. The van der Waals surface area contributed by atoms with E-state index in [1.165, 1.54) is 5.56 Å². The Morgan fingerprint density at radius 3 is 2.50 bits per heavy atom. The summed E-state index contributed by atoms with van der Waals surface area (Å²) in [6, 6.07) is 10.6. The van der Waals surface area contributed by atoms with Crippen molar-refractivity contribution in [2.75, 3.05) is 0 Å². The third-order valence-electron chi connectivity index (χ3n) is 7.62. The fraction of sp³-hybridized carbons (Fsp3) is 0.500. The molecule has 2 saturated heterocycles. The summed E-state index contributed by atoms with van der Waals surface area (Å²) in [4.78, 5) is 39.2. The van der Waals surface area contributed by atoms with Gasteiger partial charge in [-0.3, -0.25) is 14.6 Å². The SMILES string of the molecule is CC(=O)N1[C@H]2CCC[C@H]3N(C(=O)c4cnccn4)[C@H](Cc4ccccc4)[C@@H]1C[C@@]23C. The molecule has 30 heavy (non-hydrogen) atoms. The van der Waals surface area contributed by atoms with E-state index < -0.39 is 0 Å². The number of benzene rings is 1. The largest absolute Gasteiger partial charge is 0.334 e. The molecule has 0 N–H and O–H groups in total. The van der Waals surface area contributed by atoms with Crippen LogP contribution in [0.15, 0.2) is 48.9 Å². The molecule has 1 saturated carbocycles. The molecule has 1 aromatic heterocycles. The zero-order chi connectivity index (χ0) is 20.9. The lowest BCUT2D eigenvalue weighted by atomic mass is 9.64. The quantitative estimate of drug-likeness (QED) is 0.789. The molecule has 3 heterocycles. The van der Waals surface area contributed by atoms with Gasteiger partial charge in [0.25, 0.3) is 5.91 Å². The highest BCUT2D eigenvalue weighted by molar-refractivity contribution is 5.93. The standard InChI is InChI=1S/C24H28N4O2/c1-16(29)27-20-14-24(2)21(27)9-6-10-22(24)28(23(30)18-15-25-11-12-26-18)19(20)13-17-7-4-3-5-8-17/h3-5,7-8,11-12,15,19-22H,6,9-10,13-14H2,1-2H3/t19-,20+,21+,22-,24+/m1/s1. The molecule has 2 bridgehead atoms. The Labute approximate surface area is 177 Å². The maximum atomic E-state index is 13.8. The zero-order valence-electron chi connectivity index (χ0n) is 17.6. The molecule has 3 aliphatic rings. The Hall–Kier alpha value is -2.76. The average molecular weight is 405 g/mol. The maximum Gasteiger partial charge on any atom is 0.274 e. The summed E-state index contributed by atoms with van der Waals surface area (Å²) >= 11 is 0. The highest BCUT2D eigenvalue weighted by Gasteiger charge is 2.64. The Morgan fingerprint density at radius 1 is 1.10 bits per heavy atom. The lowest BCUT2D eigenvalue weighted by molar-refractivity contribution is -0.133. The summed E-state index contributed by atoms with van der Waals surface area (Å²) in [6.45, 7) is 3.97. The van der Waals surface area contributed by atoms with Crippen molar-refractivity contribution < 1.29 is 9.59 Å². The summed E-state index contributed by atoms with van der Waals surface area (Å²) in [7, 11) is 0. The van der Waals surface area contributed by atoms with Gasteiger partial charge in [-0.15, -0.1) is 0 Å². The number of amides is 2. The van der Waals surface area contributed by atoms with E-state index in [2.05, 4.69) is 38.8 Å². The van der Waals surface area contributed by atoms with E-state index in [0.29, 0.717) is 5.69 Å². The second kappa shape index (κ2) is 7.18. The lowest BCUT2D eigenvalue weighted by Gasteiger charge is -2.52. The van der Waals surface area contributed by atoms with Gasteiger partial charge in [0.05, 0.1) is 18.3 Å². The lowest BCUT2D eigenvalue weighted by Crippen LogP contribution is -2.62. The van der Waals surface area contributed by atoms with E-state index in [-0.39, 0.29) is 41.4 Å². The molecule has 2 amide bonds. The van der Waals surface area contributed by atoms with E-state index in [1.54, 1.807) is 25.5 Å². The van der Waals surface area contributed by atoms with E-state index >= 15 is 0 Å². The molecule has 2 aromatic rings. The van der Waals surface area contributed by atoms with Gasteiger partial charge < -0.3 is 9.80 Å². The normalized spacial score (nSPS) is 32.2. The predicted molar refractivity (Wildman–Crippen MR) is 113 cm³/mol. The van der Waals surface area contributed by atoms with Gasteiger partial charge in [-0.05, 0) is 37.7 Å². The molecule has 1 aliphatic carbocycles. The molecular weight excluding hydrogens is 376 g/mol. The summed E-state index contributed by atoms with van der Waals surface area (Å²) in [5.74, 6) is 0.0669. The van der Waals surface area contributed by atoms with Crippen LogP contribution in [-0.2, 0) is 11.2 Å². The second-order valence-corrected chi connectivity index (χ2v) is 9.23. The third-order valence-corrected chi connectivity index (χ3v) is 7.62. The van der Waals surface area contributed by atoms with Crippen LogP contribution >= 0.6 is 0 Å². The summed E-state index contributed by atoms with van der Waals surface area (Å²) in [5.41, 5.74) is 1.50. The molecule has 2 aliphatic heterocycles. The summed E-state index contributed by atoms with van der Waals surface area (Å²) < 4.78 is 0. The average Bonchev–Trinajstić information content (AvgIpc) is 3.07. The number of piperidine rings is 1. The number of carbonyl (C=O) groups is 2. The monoisotopic (exact) mass is 404 g/mol. The van der Waals surface area contributed by atoms with E-state index in [1.807, 2.05) is 18.2 Å². The van der Waals surface area contributed by atoms with Crippen molar-refractivity contribution in [1.82, 2.24) is 19.8 Å². The van der Waals surface area contributed by atoms with Gasteiger partial charge in [-0.25, -0.2) is 4.98 Å².